The Balaban J connectivity index is 1.72. The molecule has 2 aliphatic rings. The largest absolute Gasteiger partial charge is 0.481 e. The zero-order chi connectivity index (χ0) is 28.0. The Morgan fingerprint density at radius 3 is 2.45 bits per heavy atom. The van der Waals surface area contributed by atoms with Crippen molar-refractivity contribution < 1.29 is 34.4 Å². The summed E-state index contributed by atoms with van der Waals surface area (Å²) in [5.74, 6) is -2.33. The normalized spacial score (nSPS) is 23.8. The maximum Gasteiger partial charge on any atom is 0.347 e. The second kappa shape index (κ2) is 12.9. The van der Waals surface area contributed by atoms with E-state index < -0.39 is 17.9 Å². The van der Waals surface area contributed by atoms with Gasteiger partial charge in [-0.3, -0.25) is 4.79 Å². The number of esters is 1. The molecule has 0 spiro atoms. The molecule has 0 aliphatic heterocycles. The zero-order valence-corrected chi connectivity index (χ0v) is 23.4. The smallest absolute Gasteiger partial charge is 0.347 e. The number of allylic oxidation sites excluding steroid dienone is 3. The number of aryl methyl sites for hydroxylation is 3. The molecule has 0 saturated heterocycles. The molecule has 7 heteroatoms. The number of carboxylic acids is 1. The standard InChI is InChI=1S/C31H44O7/c1-6-25(37-29-21(4)17-19(2)18-22(29)5)30(34)38-26-10-7-9-23-13-12-20(3)24(28(23)26)14-16-31(35,36)15-8-11-27(32)33/h9,12-13,17-18,20,24-26,28,35-36H,6-8,10-11,14-16H2,1-5H3,(H,32,33). The average Bonchev–Trinajstić information content (AvgIpc) is 2.82. The number of hydrogen-bond donors (Lipinski definition) is 3. The summed E-state index contributed by atoms with van der Waals surface area (Å²) in [6, 6.07) is 4.09. The van der Waals surface area contributed by atoms with Crippen LogP contribution in [0, 0.1) is 38.5 Å². The van der Waals surface area contributed by atoms with Crippen molar-refractivity contribution >= 4 is 11.9 Å². The van der Waals surface area contributed by atoms with Crippen molar-refractivity contribution in [2.75, 3.05) is 0 Å². The van der Waals surface area contributed by atoms with Gasteiger partial charge in [0, 0.05) is 25.2 Å². The van der Waals surface area contributed by atoms with Crippen LogP contribution in [0.5, 0.6) is 5.75 Å². The summed E-state index contributed by atoms with van der Waals surface area (Å²) in [5.41, 5.74) is 4.25. The average molecular weight is 529 g/mol. The van der Waals surface area contributed by atoms with Crippen molar-refractivity contribution in [1.82, 2.24) is 0 Å². The third-order valence-corrected chi connectivity index (χ3v) is 7.96. The first-order valence-electron chi connectivity index (χ1n) is 13.9. The molecular weight excluding hydrogens is 484 g/mol. The number of rotatable bonds is 12. The summed E-state index contributed by atoms with van der Waals surface area (Å²) in [6.45, 7) is 10.0. The molecule has 0 aromatic heterocycles. The summed E-state index contributed by atoms with van der Waals surface area (Å²) >= 11 is 0. The minimum atomic E-state index is -1.92. The molecule has 7 nitrogen and oxygen atoms in total. The number of aliphatic carboxylic acids is 1. The van der Waals surface area contributed by atoms with E-state index in [2.05, 4.69) is 25.2 Å². The molecule has 0 radical (unpaired) electrons. The first-order chi connectivity index (χ1) is 17.9. The van der Waals surface area contributed by atoms with E-state index in [4.69, 9.17) is 14.6 Å². The van der Waals surface area contributed by atoms with Crippen molar-refractivity contribution in [3.63, 3.8) is 0 Å². The van der Waals surface area contributed by atoms with E-state index in [0.717, 1.165) is 34.4 Å². The highest BCUT2D eigenvalue weighted by Crippen LogP contribution is 2.44. The van der Waals surface area contributed by atoms with Gasteiger partial charge in [0.2, 0.25) is 0 Å². The van der Waals surface area contributed by atoms with Crippen LogP contribution in [0.25, 0.3) is 0 Å². The lowest BCUT2D eigenvalue weighted by atomic mass is 9.66. The SMILES string of the molecule is CCC(Oc1c(C)cc(C)cc1C)C(=O)OC1CCC=C2C=CC(C)C(CCC(O)(O)CCCC(=O)O)C21. The number of ether oxygens (including phenoxy) is 2. The first-order valence-corrected chi connectivity index (χ1v) is 13.9. The molecule has 1 aromatic rings. The number of hydrogen-bond acceptors (Lipinski definition) is 6. The fourth-order valence-corrected chi connectivity index (χ4v) is 6.02. The number of benzene rings is 1. The van der Waals surface area contributed by atoms with Gasteiger partial charge in [-0.25, -0.2) is 4.79 Å². The van der Waals surface area contributed by atoms with Gasteiger partial charge in [0.15, 0.2) is 11.9 Å². The van der Waals surface area contributed by atoms with Crippen LogP contribution < -0.4 is 4.74 Å². The fraction of sp³-hybridized carbons (Fsp3) is 0.613. The highest BCUT2D eigenvalue weighted by molar-refractivity contribution is 5.75. The highest BCUT2D eigenvalue weighted by atomic mass is 16.6. The lowest BCUT2D eigenvalue weighted by Gasteiger charge is -2.42. The number of aliphatic hydroxyl groups is 2. The van der Waals surface area contributed by atoms with Crippen LogP contribution >= 0.6 is 0 Å². The molecule has 0 heterocycles. The van der Waals surface area contributed by atoms with Crippen molar-refractivity contribution in [1.29, 1.82) is 0 Å². The topological polar surface area (TPSA) is 113 Å². The van der Waals surface area contributed by atoms with Crippen molar-refractivity contribution in [2.45, 2.75) is 104 Å². The minimum absolute atomic E-state index is 0.00931. The van der Waals surface area contributed by atoms with Gasteiger partial charge in [-0.05, 0) is 81.4 Å². The molecular formula is C31H44O7. The van der Waals surface area contributed by atoms with Crippen LogP contribution in [-0.2, 0) is 14.3 Å². The molecule has 210 valence electrons. The lowest BCUT2D eigenvalue weighted by Crippen LogP contribution is -2.42. The second-order valence-corrected chi connectivity index (χ2v) is 11.2. The zero-order valence-electron chi connectivity index (χ0n) is 23.4. The maximum absolute atomic E-state index is 13.4. The Kier molecular flexibility index (Phi) is 10.2. The van der Waals surface area contributed by atoms with E-state index in [-0.39, 0.29) is 55.5 Å². The summed E-state index contributed by atoms with van der Waals surface area (Å²) in [4.78, 5) is 24.2. The molecule has 2 aliphatic carbocycles. The molecule has 3 rings (SSSR count). The summed E-state index contributed by atoms with van der Waals surface area (Å²) in [5, 5.41) is 29.8. The van der Waals surface area contributed by atoms with E-state index in [1.165, 1.54) is 0 Å². The Morgan fingerprint density at radius 2 is 1.82 bits per heavy atom. The highest BCUT2D eigenvalue weighted by Gasteiger charge is 2.41. The lowest BCUT2D eigenvalue weighted by molar-refractivity contribution is -0.177. The van der Waals surface area contributed by atoms with Gasteiger partial charge < -0.3 is 24.8 Å². The van der Waals surface area contributed by atoms with E-state index in [0.29, 0.717) is 19.3 Å². The van der Waals surface area contributed by atoms with Gasteiger partial charge in [0.1, 0.15) is 11.9 Å². The molecule has 3 N–H and O–H groups in total. The predicted molar refractivity (Wildman–Crippen MR) is 146 cm³/mol. The van der Waals surface area contributed by atoms with Crippen LogP contribution in [0.15, 0.2) is 35.9 Å². The van der Waals surface area contributed by atoms with Crippen LogP contribution in [0.1, 0.15) is 81.9 Å². The monoisotopic (exact) mass is 528 g/mol. The minimum Gasteiger partial charge on any atom is -0.481 e. The predicted octanol–water partition coefficient (Wildman–Crippen LogP) is 5.56. The number of carbonyl (C=O) groups excluding carboxylic acids is 1. The van der Waals surface area contributed by atoms with E-state index in [9.17, 15) is 19.8 Å². The number of carboxylic acid groups (broad SMARTS) is 1. The summed E-state index contributed by atoms with van der Waals surface area (Å²) in [7, 11) is 0. The molecule has 0 fully saturated rings. The van der Waals surface area contributed by atoms with Crippen LogP contribution in [-0.4, -0.2) is 45.3 Å². The number of carbonyl (C=O) groups is 2. The Morgan fingerprint density at radius 1 is 1.13 bits per heavy atom. The van der Waals surface area contributed by atoms with Crippen LogP contribution in [0.2, 0.25) is 0 Å². The van der Waals surface area contributed by atoms with Crippen molar-refractivity contribution in [3.8, 4) is 5.75 Å². The van der Waals surface area contributed by atoms with E-state index in [1.807, 2.05) is 39.8 Å². The summed E-state index contributed by atoms with van der Waals surface area (Å²) < 4.78 is 12.4. The molecule has 0 bridgehead atoms. The van der Waals surface area contributed by atoms with Crippen molar-refractivity contribution in [3.05, 3.63) is 52.6 Å². The van der Waals surface area contributed by atoms with Gasteiger partial charge in [0.25, 0.3) is 0 Å². The number of fused-ring (bicyclic) bond motifs is 1. The van der Waals surface area contributed by atoms with Gasteiger partial charge >= 0.3 is 11.9 Å². The Hall–Kier alpha value is -2.64. The van der Waals surface area contributed by atoms with Gasteiger partial charge in [-0.15, -0.1) is 0 Å². The van der Waals surface area contributed by atoms with Crippen molar-refractivity contribution in [2.24, 2.45) is 17.8 Å². The molecule has 0 amide bonds. The third-order valence-electron chi connectivity index (χ3n) is 7.96. The van der Waals surface area contributed by atoms with Gasteiger partial charge in [-0.2, -0.15) is 0 Å². The molecule has 0 saturated carbocycles. The molecule has 1 aromatic carbocycles. The van der Waals surface area contributed by atoms with Crippen LogP contribution in [0.4, 0.5) is 0 Å². The molecule has 5 unspecified atom stereocenters. The maximum atomic E-state index is 13.4. The molecule has 5 atom stereocenters. The van der Waals surface area contributed by atoms with E-state index in [1.54, 1.807) is 0 Å². The first kappa shape index (κ1) is 29.9. The van der Waals surface area contributed by atoms with Crippen LogP contribution in [0.3, 0.4) is 0 Å². The Labute approximate surface area is 226 Å². The summed E-state index contributed by atoms with van der Waals surface area (Å²) in [6.07, 6.45) is 8.17. The van der Waals surface area contributed by atoms with Gasteiger partial charge in [0.05, 0.1) is 0 Å². The molecule has 38 heavy (non-hydrogen) atoms. The second-order valence-electron chi connectivity index (χ2n) is 11.2. The van der Waals surface area contributed by atoms with Gasteiger partial charge in [-0.1, -0.05) is 49.8 Å². The fourth-order valence-electron chi connectivity index (χ4n) is 6.02. The Bertz CT molecular complexity index is 1030. The quantitative estimate of drug-likeness (QED) is 0.241. The van der Waals surface area contributed by atoms with E-state index >= 15 is 0 Å². The third kappa shape index (κ3) is 7.70.